The Labute approximate surface area is 124 Å². The minimum atomic E-state index is -1.04. The Morgan fingerprint density at radius 2 is 1.71 bits per heavy atom. The van der Waals surface area contributed by atoms with Crippen LogP contribution in [-0.4, -0.2) is 48.7 Å². The molecule has 21 heavy (non-hydrogen) atoms. The van der Waals surface area contributed by atoms with Gasteiger partial charge in [0.1, 0.15) is 18.0 Å². The number of rotatable bonds is 7. The molecule has 1 aromatic rings. The van der Waals surface area contributed by atoms with Crippen molar-refractivity contribution in [3.05, 3.63) is 23.8 Å². The van der Waals surface area contributed by atoms with E-state index >= 15 is 0 Å². The first-order valence-electron chi connectivity index (χ1n) is 6.68. The second kappa shape index (κ2) is 7.52. The molecule has 1 amide bonds. The lowest BCUT2D eigenvalue weighted by atomic mass is 10.1. The average molecular weight is 295 g/mol. The molecule has 0 spiro atoms. The number of ether oxygens (including phenoxy) is 2. The van der Waals surface area contributed by atoms with Crippen LogP contribution in [0.15, 0.2) is 18.2 Å². The third-order valence-electron chi connectivity index (χ3n) is 3.29. The van der Waals surface area contributed by atoms with E-state index in [1.807, 2.05) is 13.8 Å². The van der Waals surface area contributed by atoms with Gasteiger partial charge < -0.3 is 19.5 Å². The number of nitrogens with zero attached hydrogens (tertiary/aromatic N) is 1. The molecule has 0 radical (unpaired) electrons. The molecule has 6 nitrogen and oxygen atoms in total. The van der Waals surface area contributed by atoms with Crippen molar-refractivity contribution in [2.75, 3.05) is 20.8 Å². The molecule has 1 unspecified atom stereocenters. The molecule has 6 heteroatoms. The van der Waals surface area contributed by atoms with Crippen molar-refractivity contribution in [3.63, 3.8) is 0 Å². The Kier molecular flexibility index (Phi) is 6.02. The van der Waals surface area contributed by atoms with E-state index in [-0.39, 0.29) is 18.5 Å². The number of carbonyl (C=O) groups is 2. The van der Waals surface area contributed by atoms with Crippen molar-refractivity contribution in [1.29, 1.82) is 0 Å². The molecule has 116 valence electrons. The van der Waals surface area contributed by atoms with Crippen LogP contribution in [0.2, 0.25) is 0 Å². The number of methoxy groups -OCH3 is 2. The Bertz CT molecular complexity index is 493. The molecule has 0 fully saturated rings. The lowest BCUT2D eigenvalue weighted by Crippen LogP contribution is -2.41. The summed E-state index contributed by atoms with van der Waals surface area (Å²) in [6.45, 7) is 3.38. The van der Waals surface area contributed by atoms with E-state index in [0.29, 0.717) is 23.5 Å². The van der Waals surface area contributed by atoms with Gasteiger partial charge in [-0.3, -0.25) is 9.59 Å². The van der Waals surface area contributed by atoms with Gasteiger partial charge >= 0.3 is 5.97 Å². The monoisotopic (exact) mass is 295 g/mol. The predicted octanol–water partition coefficient (Wildman–Crippen LogP) is 2.03. The molecular formula is C15H21NO5. The van der Waals surface area contributed by atoms with Crippen molar-refractivity contribution in [3.8, 4) is 11.5 Å². The highest BCUT2D eigenvalue weighted by Gasteiger charge is 2.23. The maximum absolute atomic E-state index is 12.6. The molecule has 0 aliphatic rings. The molecule has 0 aliphatic carbocycles. The Balaban J connectivity index is 3.15. The van der Waals surface area contributed by atoms with Gasteiger partial charge in [-0.2, -0.15) is 0 Å². The summed E-state index contributed by atoms with van der Waals surface area (Å²) in [5.41, 5.74) is 0.341. The third-order valence-corrected chi connectivity index (χ3v) is 3.29. The number of carbonyl (C=O) groups excluding carboxylic acids is 1. The molecule has 1 aromatic carbocycles. The molecule has 0 saturated carbocycles. The molecule has 0 heterocycles. The van der Waals surface area contributed by atoms with Crippen molar-refractivity contribution in [1.82, 2.24) is 4.90 Å². The van der Waals surface area contributed by atoms with Gasteiger partial charge in [-0.05, 0) is 25.5 Å². The highest BCUT2D eigenvalue weighted by atomic mass is 16.5. The predicted molar refractivity (Wildman–Crippen MR) is 78.0 cm³/mol. The van der Waals surface area contributed by atoms with E-state index in [4.69, 9.17) is 14.6 Å². The third kappa shape index (κ3) is 4.37. The van der Waals surface area contributed by atoms with Crippen LogP contribution < -0.4 is 9.47 Å². The molecule has 1 rings (SSSR count). The topological polar surface area (TPSA) is 76.1 Å². The van der Waals surface area contributed by atoms with E-state index in [0.717, 1.165) is 0 Å². The Morgan fingerprint density at radius 1 is 1.19 bits per heavy atom. The fourth-order valence-electron chi connectivity index (χ4n) is 1.89. The fraction of sp³-hybridized carbons (Fsp3) is 0.467. The molecular weight excluding hydrogens is 274 g/mol. The first-order valence-corrected chi connectivity index (χ1v) is 6.68. The maximum atomic E-state index is 12.6. The van der Waals surface area contributed by atoms with Gasteiger partial charge in [-0.25, -0.2) is 0 Å². The average Bonchev–Trinajstić information content (AvgIpc) is 2.50. The minimum Gasteiger partial charge on any atom is -0.497 e. The van der Waals surface area contributed by atoms with Crippen LogP contribution in [0.3, 0.4) is 0 Å². The van der Waals surface area contributed by atoms with Crippen LogP contribution in [-0.2, 0) is 4.79 Å². The van der Waals surface area contributed by atoms with Gasteiger partial charge in [0.2, 0.25) is 0 Å². The second-order valence-corrected chi connectivity index (χ2v) is 4.69. The van der Waals surface area contributed by atoms with E-state index in [2.05, 4.69) is 0 Å². The maximum Gasteiger partial charge on any atom is 0.323 e. The van der Waals surface area contributed by atoms with Gasteiger partial charge in [0.15, 0.2) is 0 Å². The summed E-state index contributed by atoms with van der Waals surface area (Å²) in [5.74, 6) is -0.434. The summed E-state index contributed by atoms with van der Waals surface area (Å²) < 4.78 is 10.3. The van der Waals surface area contributed by atoms with Crippen molar-refractivity contribution in [2.45, 2.75) is 26.3 Å². The number of carboxylic acid groups (broad SMARTS) is 1. The molecule has 0 bridgehead atoms. The minimum absolute atomic E-state index is 0.175. The highest BCUT2D eigenvalue weighted by Crippen LogP contribution is 2.24. The van der Waals surface area contributed by atoms with Crippen LogP contribution in [0.1, 0.15) is 30.6 Å². The summed E-state index contributed by atoms with van der Waals surface area (Å²) in [6, 6.07) is 4.62. The number of benzene rings is 1. The van der Waals surface area contributed by atoms with Gasteiger partial charge in [0.05, 0.1) is 14.2 Å². The molecule has 0 saturated heterocycles. The summed E-state index contributed by atoms with van der Waals surface area (Å²) >= 11 is 0. The lowest BCUT2D eigenvalue weighted by Gasteiger charge is -2.27. The van der Waals surface area contributed by atoms with Gasteiger partial charge in [-0.15, -0.1) is 0 Å². The number of hydrogen-bond donors (Lipinski definition) is 1. The molecule has 1 atom stereocenters. The number of amides is 1. The normalized spacial score (nSPS) is 11.6. The summed E-state index contributed by atoms with van der Waals surface area (Å²) in [7, 11) is 2.99. The molecule has 1 N–H and O–H groups in total. The van der Waals surface area contributed by atoms with E-state index in [1.165, 1.54) is 19.1 Å². The Hall–Kier alpha value is -2.24. The summed E-state index contributed by atoms with van der Waals surface area (Å²) in [4.78, 5) is 24.9. The van der Waals surface area contributed by atoms with Crippen LogP contribution in [0.4, 0.5) is 0 Å². The van der Waals surface area contributed by atoms with Crippen molar-refractivity contribution < 1.29 is 24.2 Å². The number of hydrogen-bond acceptors (Lipinski definition) is 4. The smallest absolute Gasteiger partial charge is 0.323 e. The van der Waals surface area contributed by atoms with Crippen LogP contribution >= 0.6 is 0 Å². The second-order valence-electron chi connectivity index (χ2n) is 4.69. The fourth-order valence-corrected chi connectivity index (χ4v) is 1.89. The Morgan fingerprint density at radius 3 is 2.10 bits per heavy atom. The van der Waals surface area contributed by atoms with Gasteiger partial charge in [0, 0.05) is 17.7 Å². The lowest BCUT2D eigenvalue weighted by molar-refractivity contribution is -0.138. The van der Waals surface area contributed by atoms with E-state index in [9.17, 15) is 9.59 Å². The number of carboxylic acids is 1. The van der Waals surface area contributed by atoms with Gasteiger partial charge in [-0.1, -0.05) is 6.92 Å². The zero-order valence-electron chi connectivity index (χ0n) is 12.8. The van der Waals surface area contributed by atoms with Gasteiger partial charge in [0.25, 0.3) is 5.91 Å². The largest absolute Gasteiger partial charge is 0.497 e. The van der Waals surface area contributed by atoms with Crippen molar-refractivity contribution >= 4 is 11.9 Å². The molecule has 0 aliphatic heterocycles. The van der Waals surface area contributed by atoms with Crippen molar-refractivity contribution in [2.24, 2.45) is 0 Å². The SMILES string of the molecule is CCC(C)N(CC(=O)O)C(=O)c1cc(OC)cc(OC)c1. The van der Waals surface area contributed by atoms with Crippen LogP contribution in [0.25, 0.3) is 0 Å². The standard InChI is InChI=1S/C15H21NO5/c1-5-10(2)16(9-14(17)18)15(19)11-6-12(20-3)8-13(7-11)21-4/h6-8,10H,5,9H2,1-4H3,(H,17,18). The van der Waals surface area contributed by atoms with Crippen LogP contribution in [0.5, 0.6) is 11.5 Å². The molecule has 0 aromatic heterocycles. The number of aliphatic carboxylic acids is 1. The van der Waals surface area contributed by atoms with E-state index in [1.54, 1.807) is 18.2 Å². The quantitative estimate of drug-likeness (QED) is 0.833. The van der Waals surface area contributed by atoms with E-state index < -0.39 is 5.97 Å². The zero-order chi connectivity index (χ0) is 16.0. The zero-order valence-corrected chi connectivity index (χ0v) is 12.8. The summed E-state index contributed by atoms with van der Waals surface area (Å²) in [6.07, 6.45) is 0.667. The summed E-state index contributed by atoms with van der Waals surface area (Å²) in [5, 5.41) is 8.98. The van der Waals surface area contributed by atoms with Crippen LogP contribution in [0, 0.1) is 0 Å². The first-order chi connectivity index (χ1) is 9.92. The highest BCUT2D eigenvalue weighted by molar-refractivity contribution is 5.96. The first kappa shape index (κ1) is 16.8.